The van der Waals surface area contributed by atoms with Gasteiger partial charge in [-0.1, -0.05) is 0 Å². The summed E-state index contributed by atoms with van der Waals surface area (Å²) in [5, 5.41) is 5.16. The fraction of sp³-hybridized carbons (Fsp3) is 0.500. The Balaban J connectivity index is 2.44. The highest BCUT2D eigenvalue weighted by atomic mass is 16.5. The molecule has 150 valence electrons. The maximum atomic E-state index is 12.1. The van der Waals surface area contributed by atoms with Crippen LogP contribution >= 0.6 is 0 Å². The number of anilines is 1. The van der Waals surface area contributed by atoms with Crippen molar-refractivity contribution in [3.8, 4) is 5.75 Å². The molecule has 1 aromatic rings. The quantitative estimate of drug-likeness (QED) is 0.503. The van der Waals surface area contributed by atoms with Gasteiger partial charge in [0, 0.05) is 33.1 Å². The van der Waals surface area contributed by atoms with Crippen LogP contribution in [0, 0.1) is 0 Å². The third kappa shape index (κ3) is 9.02. The third-order valence-corrected chi connectivity index (χ3v) is 3.55. The molecule has 0 aliphatic rings. The molecule has 0 saturated heterocycles. The van der Waals surface area contributed by atoms with Gasteiger partial charge in [-0.3, -0.25) is 14.4 Å². The highest BCUT2D eigenvalue weighted by Gasteiger charge is 2.17. The summed E-state index contributed by atoms with van der Waals surface area (Å²) in [4.78, 5) is 37.4. The smallest absolute Gasteiger partial charge is 0.249 e. The minimum absolute atomic E-state index is 0.113. The topological polar surface area (TPSA) is 106 Å². The summed E-state index contributed by atoms with van der Waals surface area (Å²) < 4.78 is 14.8. The van der Waals surface area contributed by atoms with E-state index in [-0.39, 0.29) is 31.5 Å². The lowest BCUT2D eigenvalue weighted by molar-refractivity contribution is -0.139. The number of carbonyl (C=O) groups is 3. The maximum absolute atomic E-state index is 12.1. The van der Waals surface area contributed by atoms with Crippen LogP contribution in [0.25, 0.3) is 0 Å². The van der Waals surface area contributed by atoms with Crippen LogP contribution in [0.4, 0.5) is 5.69 Å². The Bertz CT molecular complexity index is 606. The molecule has 27 heavy (non-hydrogen) atoms. The van der Waals surface area contributed by atoms with Gasteiger partial charge in [0.05, 0.1) is 20.2 Å². The van der Waals surface area contributed by atoms with E-state index in [9.17, 15) is 14.4 Å². The van der Waals surface area contributed by atoms with Crippen LogP contribution < -0.4 is 15.4 Å². The molecule has 0 radical (unpaired) electrons. The van der Waals surface area contributed by atoms with Crippen LogP contribution in [-0.4, -0.2) is 76.8 Å². The standard InChI is InChI=1S/C18H27N3O6/c1-25-10-4-9-21(18(24)13-26-2)12-17(23)19-11-16(22)20-14-5-7-15(27-3)8-6-14/h5-8H,4,9-13H2,1-3H3,(H,19,23)(H,20,22). The average molecular weight is 381 g/mol. The minimum atomic E-state index is -0.429. The molecular formula is C18H27N3O6. The first-order valence-electron chi connectivity index (χ1n) is 8.46. The normalized spacial score (nSPS) is 10.2. The molecule has 9 heteroatoms. The van der Waals surface area contributed by atoms with Gasteiger partial charge >= 0.3 is 0 Å². The Hall–Kier alpha value is -2.65. The van der Waals surface area contributed by atoms with E-state index in [0.29, 0.717) is 31.0 Å². The van der Waals surface area contributed by atoms with Crippen molar-refractivity contribution in [1.29, 1.82) is 0 Å². The lowest BCUT2D eigenvalue weighted by Gasteiger charge is -2.21. The summed E-state index contributed by atoms with van der Waals surface area (Å²) >= 11 is 0. The number of hydrogen-bond acceptors (Lipinski definition) is 6. The summed E-state index contributed by atoms with van der Waals surface area (Å²) in [6, 6.07) is 6.82. The van der Waals surface area contributed by atoms with Crippen LogP contribution in [0.5, 0.6) is 5.75 Å². The van der Waals surface area contributed by atoms with Gasteiger partial charge in [-0.15, -0.1) is 0 Å². The second-order valence-corrected chi connectivity index (χ2v) is 5.65. The zero-order valence-corrected chi connectivity index (χ0v) is 15.9. The average Bonchev–Trinajstić information content (AvgIpc) is 2.66. The van der Waals surface area contributed by atoms with Crippen LogP contribution in [0.3, 0.4) is 0 Å². The highest BCUT2D eigenvalue weighted by Crippen LogP contribution is 2.14. The van der Waals surface area contributed by atoms with E-state index >= 15 is 0 Å². The van der Waals surface area contributed by atoms with Gasteiger partial charge < -0.3 is 29.7 Å². The summed E-state index contributed by atoms with van der Waals surface area (Å²) in [5.41, 5.74) is 0.589. The van der Waals surface area contributed by atoms with Gasteiger partial charge in [0.2, 0.25) is 17.7 Å². The fourth-order valence-corrected chi connectivity index (χ4v) is 2.19. The molecule has 0 aromatic heterocycles. The summed E-state index contributed by atoms with van der Waals surface area (Å²) in [6.07, 6.45) is 0.594. The lowest BCUT2D eigenvalue weighted by Crippen LogP contribution is -2.44. The van der Waals surface area contributed by atoms with Crippen molar-refractivity contribution in [2.75, 3.05) is 59.5 Å². The Morgan fingerprint density at radius 1 is 1.00 bits per heavy atom. The van der Waals surface area contributed by atoms with Crippen molar-refractivity contribution in [1.82, 2.24) is 10.2 Å². The number of amides is 3. The third-order valence-electron chi connectivity index (χ3n) is 3.55. The number of nitrogens with zero attached hydrogens (tertiary/aromatic N) is 1. The molecule has 0 heterocycles. The molecule has 0 spiro atoms. The lowest BCUT2D eigenvalue weighted by atomic mass is 10.3. The van der Waals surface area contributed by atoms with Crippen LogP contribution in [0.2, 0.25) is 0 Å². The summed E-state index contributed by atoms with van der Waals surface area (Å²) in [6.45, 7) is 0.374. The SMILES string of the molecule is COCCCN(CC(=O)NCC(=O)Nc1ccc(OC)cc1)C(=O)COC. The molecule has 0 atom stereocenters. The minimum Gasteiger partial charge on any atom is -0.497 e. The summed E-state index contributed by atoms with van der Waals surface area (Å²) in [5.74, 6) is -0.425. The fourth-order valence-electron chi connectivity index (χ4n) is 2.19. The van der Waals surface area contributed by atoms with E-state index in [0.717, 1.165) is 0 Å². The van der Waals surface area contributed by atoms with E-state index < -0.39 is 5.91 Å². The van der Waals surface area contributed by atoms with E-state index in [1.807, 2.05) is 0 Å². The second-order valence-electron chi connectivity index (χ2n) is 5.65. The van der Waals surface area contributed by atoms with Crippen molar-refractivity contribution in [3.05, 3.63) is 24.3 Å². The summed E-state index contributed by atoms with van der Waals surface area (Å²) in [7, 11) is 4.53. The molecule has 2 N–H and O–H groups in total. The maximum Gasteiger partial charge on any atom is 0.249 e. The predicted molar refractivity (Wildman–Crippen MR) is 99.6 cm³/mol. The first-order valence-corrected chi connectivity index (χ1v) is 8.46. The van der Waals surface area contributed by atoms with E-state index in [4.69, 9.17) is 14.2 Å². The van der Waals surface area contributed by atoms with Crippen LogP contribution in [0.1, 0.15) is 6.42 Å². The zero-order chi connectivity index (χ0) is 20.1. The van der Waals surface area contributed by atoms with E-state index in [1.54, 1.807) is 38.5 Å². The molecule has 0 aliphatic carbocycles. The van der Waals surface area contributed by atoms with Crippen molar-refractivity contribution in [2.45, 2.75) is 6.42 Å². The zero-order valence-electron chi connectivity index (χ0n) is 15.9. The van der Waals surface area contributed by atoms with Gasteiger partial charge in [0.1, 0.15) is 12.4 Å². The van der Waals surface area contributed by atoms with Crippen LogP contribution in [-0.2, 0) is 23.9 Å². The number of methoxy groups -OCH3 is 3. The first kappa shape index (κ1) is 22.4. The molecule has 0 unspecified atom stereocenters. The molecule has 9 nitrogen and oxygen atoms in total. The first-order chi connectivity index (χ1) is 13.0. The molecule has 0 fully saturated rings. The monoisotopic (exact) mass is 381 g/mol. The van der Waals surface area contributed by atoms with Crippen LogP contribution in [0.15, 0.2) is 24.3 Å². The molecule has 3 amide bonds. The molecule has 1 aromatic carbocycles. The number of ether oxygens (including phenoxy) is 3. The number of hydrogen-bond donors (Lipinski definition) is 2. The van der Waals surface area contributed by atoms with Gasteiger partial charge in [0.15, 0.2) is 0 Å². The molecule has 0 bridgehead atoms. The van der Waals surface area contributed by atoms with Gasteiger partial charge in [-0.25, -0.2) is 0 Å². The van der Waals surface area contributed by atoms with E-state index in [2.05, 4.69) is 10.6 Å². The Labute approximate surface area is 158 Å². The molecular weight excluding hydrogens is 354 g/mol. The Kier molecular flexibility index (Phi) is 10.5. The molecule has 1 rings (SSSR count). The second kappa shape index (κ2) is 12.7. The highest BCUT2D eigenvalue weighted by molar-refractivity contribution is 5.95. The van der Waals surface area contributed by atoms with Gasteiger partial charge in [-0.05, 0) is 30.7 Å². The van der Waals surface area contributed by atoms with Gasteiger partial charge in [-0.2, -0.15) is 0 Å². The van der Waals surface area contributed by atoms with Crippen molar-refractivity contribution in [2.24, 2.45) is 0 Å². The Morgan fingerprint density at radius 3 is 2.30 bits per heavy atom. The molecule has 0 aliphatic heterocycles. The van der Waals surface area contributed by atoms with Crippen molar-refractivity contribution in [3.63, 3.8) is 0 Å². The number of nitrogens with one attached hydrogen (secondary N) is 2. The molecule has 0 saturated carbocycles. The van der Waals surface area contributed by atoms with E-state index in [1.165, 1.54) is 12.0 Å². The van der Waals surface area contributed by atoms with Gasteiger partial charge in [0.25, 0.3) is 0 Å². The number of carbonyl (C=O) groups excluding carboxylic acids is 3. The van der Waals surface area contributed by atoms with Crippen molar-refractivity contribution < 1.29 is 28.6 Å². The van der Waals surface area contributed by atoms with Crippen molar-refractivity contribution >= 4 is 23.4 Å². The Morgan fingerprint density at radius 2 is 1.70 bits per heavy atom. The number of rotatable bonds is 12. The predicted octanol–water partition coefficient (Wildman–Crippen LogP) is 0.261. The largest absolute Gasteiger partial charge is 0.497 e. The number of benzene rings is 1.